The highest BCUT2D eigenvalue weighted by atomic mass is 16.7. The molecular weight excluding hydrogens is 640 g/mol. The van der Waals surface area contributed by atoms with Crippen molar-refractivity contribution in [3.05, 3.63) is 197 Å². The summed E-state index contributed by atoms with van der Waals surface area (Å²) in [5.41, 5.74) is 4.39. The van der Waals surface area contributed by atoms with E-state index in [4.69, 9.17) is 14.3 Å². The molecule has 0 fully saturated rings. The molecule has 8 nitrogen and oxygen atoms in total. The first-order valence-corrected chi connectivity index (χ1v) is 16.9. The van der Waals surface area contributed by atoms with Crippen LogP contribution in [0.15, 0.2) is 158 Å². The van der Waals surface area contributed by atoms with Gasteiger partial charge in [-0.25, -0.2) is 4.84 Å². The van der Waals surface area contributed by atoms with Crippen molar-refractivity contribution in [2.24, 2.45) is 5.92 Å². The largest absolute Gasteiger partial charge is 0.477 e. The Morgan fingerprint density at radius 3 is 1.31 bits per heavy atom. The molecule has 1 aliphatic rings. The molecule has 1 aliphatic heterocycles. The number of rotatable bonds is 12. The van der Waals surface area contributed by atoms with Crippen LogP contribution >= 0.6 is 0 Å². The van der Waals surface area contributed by atoms with Crippen molar-refractivity contribution in [3.63, 3.8) is 0 Å². The third-order valence-corrected chi connectivity index (χ3v) is 8.80. The zero-order valence-electron chi connectivity index (χ0n) is 28.2. The first-order valence-electron chi connectivity index (χ1n) is 16.9. The van der Waals surface area contributed by atoms with Gasteiger partial charge in [-0.3, -0.25) is 14.8 Å². The van der Waals surface area contributed by atoms with Gasteiger partial charge in [-0.2, -0.15) is 0 Å². The van der Waals surface area contributed by atoms with Crippen LogP contribution in [-0.2, 0) is 4.84 Å². The van der Waals surface area contributed by atoms with Crippen molar-refractivity contribution in [1.82, 2.24) is 5.06 Å². The molecular formula is C43H37N2O6+. The summed E-state index contributed by atoms with van der Waals surface area (Å²) in [7, 11) is 0. The van der Waals surface area contributed by atoms with Gasteiger partial charge in [0.1, 0.15) is 12.2 Å². The van der Waals surface area contributed by atoms with E-state index in [1.165, 1.54) is 6.20 Å². The fraction of sp³-hybridized carbons (Fsp3) is 0.140. The number of benzene rings is 5. The minimum atomic E-state index is -0.945. The van der Waals surface area contributed by atoms with E-state index in [1.807, 2.05) is 135 Å². The summed E-state index contributed by atoms with van der Waals surface area (Å²) in [6, 6.07) is 47.6. The molecule has 2 amide bonds. The molecule has 0 spiro atoms. The summed E-state index contributed by atoms with van der Waals surface area (Å²) in [6.07, 6.45) is -0.612. The number of pyridine rings is 1. The van der Waals surface area contributed by atoms with Crippen LogP contribution in [0.5, 0.6) is 11.5 Å². The Hall–Kier alpha value is -6.25. The van der Waals surface area contributed by atoms with Gasteiger partial charge >= 0.3 is 0 Å². The van der Waals surface area contributed by atoms with E-state index in [9.17, 15) is 14.8 Å². The zero-order chi connectivity index (χ0) is 35.3. The van der Waals surface area contributed by atoms with Crippen LogP contribution in [0.1, 0.15) is 80.8 Å². The van der Waals surface area contributed by atoms with Gasteiger partial charge in [-0.05, 0) is 40.3 Å². The van der Waals surface area contributed by atoms with Crippen molar-refractivity contribution >= 4 is 11.8 Å². The van der Waals surface area contributed by atoms with Gasteiger partial charge in [0.25, 0.3) is 23.7 Å². The lowest BCUT2D eigenvalue weighted by atomic mass is 10.0. The highest BCUT2D eigenvalue weighted by Gasteiger charge is 2.42. The fourth-order valence-electron chi connectivity index (χ4n) is 6.23. The predicted molar refractivity (Wildman–Crippen MR) is 190 cm³/mol. The fourth-order valence-corrected chi connectivity index (χ4v) is 6.23. The summed E-state index contributed by atoms with van der Waals surface area (Å²) in [5.74, 6) is -0.846. The summed E-state index contributed by atoms with van der Waals surface area (Å²) < 4.78 is 14.7. The minimum absolute atomic E-state index is 0.250. The second-order valence-electron chi connectivity index (χ2n) is 12.6. The normalized spacial score (nSPS) is 13.2. The zero-order valence-corrected chi connectivity index (χ0v) is 28.2. The molecule has 0 aliphatic carbocycles. The van der Waals surface area contributed by atoms with Crippen molar-refractivity contribution in [2.45, 2.75) is 32.2 Å². The van der Waals surface area contributed by atoms with Crippen molar-refractivity contribution in [1.29, 1.82) is 0 Å². The highest BCUT2D eigenvalue weighted by molar-refractivity contribution is 6.20. The van der Waals surface area contributed by atoms with Gasteiger partial charge in [-0.15, -0.1) is 5.06 Å². The molecule has 0 radical (unpaired) electrons. The molecule has 51 heavy (non-hydrogen) atoms. The van der Waals surface area contributed by atoms with Gasteiger partial charge in [0.15, 0.2) is 11.9 Å². The van der Waals surface area contributed by atoms with Gasteiger partial charge in [0, 0.05) is 4.73 Å². The van der Waals surface area contributed by atoms with Crippen LogP contribution < -0.4 is 14.2 Å². The number of amides is 2. The minimum Gasteiger partial charge on any atom is -0.477 e. The van der Waals surface area contributed by atoms with Crippen LogP contribution in [-0.4, -0.2) is 22.1 Å². The van der Waals surface area contributed by atoms with Crippen molar-refractivity contribution in [3.8, 4) is 11.5 Å². The quantitative estimate of drug-likeness (QED) is 0.0794. The first-order chi connectivity index (χ1) is 24.9. The van der Waals surface area contributed by atoms with E-state index >= 15 is 0 Å². The number of hydrogen-bond donors (Lipinski definition) is 1. The standard InChI is InChI=1S/C43H37N2O6/c1-29(2)39(51-45-42(46)34-25-15-16-26-35(34)43(45)47)36-27-37(49-40(30-17-7-3-8-18-30)31-19-9-4-10-20-31)38(28-44(36)48)50-41(32-21-11-5-12-22-32)33-23-13-6-14-24-33/h3-29,39-41,48H,1-2H3/q+1. The summed E-state index contributed by atoms with van der Waals surface area (Å²) >= 11 is 0. The average Bonchev–Trinajstić information content (AvgIpc) is 3.41. The molecule has 2 heterocycles. The Kier molecular flexibility index (Phi) is 9.59. The number of carbonyl (C=O) groups is 2. The molecule has 8 heteroatoms. The van der Waals surface area contributed by atoms with Gasteiger partial charge in [-0.1, -0.05) is 147 Å². The SMILES string of the molecule is CC(C)C(ON1C(=O)c2ccccc2C1=O)c1cc(OC(c2ccccc2)c2ccccc2)c(OC(c2ccccc2)c2ccccc2)c[n+]1O. The van der Waals surface area contributed by atoms with E-state index in [1.54, 1.807) is 30.3 Å². The maximum Gasteiger partial charge on any atom is 0.285 e. The second kappa shape index (κ2) is 14.7. The lowest BCUT2D eigenvalue weighted by Gasteiger charge is -2.26. The lowest BCUT2D eigenvalue weighted by Crippen LogP contribution is -2.41. The molecule has 0 saturated carbocycles. The Bertz CT molecular complexity index is 2010. The van der Waals surface area contributed by atoms with Crippen LogP contribution in [0, 0.1) is 5.92 Å². The molecule has 0 bridgehead atoms. The maximum absolute atomic E-state index is 13.3. The summed E-state index contributed by atoms with van der Waals surface area (Å²) in [5, 5.41) is 12.4. The number of carbonyl (C=O) groups excluding carboxylic acids is 2. The third kappa shape index (κ3) is 6.95. The number of hydrogen-bond acceptors (Lipinski definition) is 6. The summed E-state index contributed by atoms with van der Waals surface area (Å²) in [4.78, 5) is 32.8. The van der Waals surface area contributed by atoms with Crippen LogP contribution in [0.4, 0.5) is 0 Å². The highest BCUT2D eigenvalue weighted by Crippen LogP contribution is 2.40. The number of fused-ring (bicyclic) bond motifs is 1. The molecule has 1 N–H and O–H groups in total. The molecule has 254 valence electrons. The Balaban J connectivity index is 1.34. The first kappa shape index (κ1) is 33.3. The van der Waals surface area contributed by atoms with Crippen LogP contribution in [0.25, 0.3) is 0 Å². The van der Waals surface area contributed by atoms with Gasteiger partial charge in [0.2, 0.25) is 5.75 Å². The maximum atomic E-state index is 13.3. The Morgan fingerprint density at radius 1 is 0.549 bits per heavy atom. The molecule has 6 aromatic rings. The number of imide groups is 1. The smallest absolute Gasteiger partial charge is 0.285 e. The number of aromatic nitrogens is 1. The number of nitrogens with zero attached hydrogens (tertiary/aromatic N) is 2. The van der Waals surface area contributed by atoms with E-state index in [2.05, 4.69) is 0 Å². The van der Waals surface area contributed by atoms with Gasteiger partial charge < -0.3 is 9.47 Å². The predicted octanol–water partition coefficient (Wildman–Crippen LogP) is 8.47. The van der Waals surface area contributed by atoms with E-state index < -0.39 is 30.1 Å². The van der Waals surface area contributed by atoms with Crippen molar-refractivity contribution < 1.29 is 33.8 Å². The molecule has 1 unspecified atom stereocenters. The van der Waals surface area contributed by atoms with Crippen molar-refractivity contribution in [2.75, 3.05) is 0 Å². The number of ether oxygens (including phenoxy) is 2. The topological polar surface area (TPSA) is 89.2 Å². The molecule has 7 rings (SSSR count). The van der Waals surface area contributed by atoms with Gasteiger partial charge in [0.05, 0.1) is 17.2 Å². The molecule has 5 aromatic carbocycles. The summed E-state index contributed by atoms with van der Waals surface area (Å²) in [6.45, 7) is 3.76. The Labute approximate surface area is 296 Å². The molecule has 1 aromatic heterocycles. The monoisotopic (exact) mass is 677 g/mol. The average molecular weight is 678 g/mol. The van der Waals surface area contributed by atoms with Crippen LogP contribution in [0.3, 0.4) is 0 Å². The second-order valence-corrected chi connectivity index (χ2v) is 12.6. The van der Waals surface area contributed by atoms with E-state index in [0.29, 0.717) is 5.75 Å². The Morgan fingerprint density at radius 2 is 0.922 bits per heavy atom. The number of hydroxylamine groups is 2. The molecule has 1 atom stereocenters. The molecule has 0 saturated heterocycles. The lowest BCUT2D eigenvalue weighted by molar-refractivity contribution is -0.912. The van der Waals surface area contributed by atoms with E-state index in [0.717, 1.165) is 32.0 Å². The van der Waals surface area contributed by atoms with E-state index in [-0.39, 0.29) is 28.5 Å². The third-order valence-electron chi connectivity index (χ3n) is 8.80. The van der Waals surface area contributed by atoms with Crippen LogP contribution in [0.2, 0.25) is 0 Å².